The van der Waals surface area contributed by atoms with Crippen LogP contribution in [-0.2, 0) is 5.41 Å². The Labute approximate surface area is 892 Å². The van der Waals surface area contributed by atoms with Gasteiger partial charge in [-0.3, -0.25) is 0 Å². The van der Waals surface area contributed by atoms with Gasteiger partial charge < -0.3 is 0 Å². The number of rotatable bonds is 4. The van der Waals surface area contributed by atoms with Crippen molar-refractivity contribution >= 4 is 252 Å². The van der Waals surface area contributed by atoms with Crippen molar-refractivity contribution in [2.75, 3.05) is 0 Å². The van der Waals surface area contributed by atoms with Gasteiger partial charge in [0.15, 0.2) is 0 Å². The number of nitriles is 1. The molecule has 26 rings (SSSR count). The minimum atomic E-state index is -2.07. The van der Waals surface area contributed by atoms with E-state index in [9.17, 15) is 5.26 Å². The summed E-state index contributed by atoms with van der Waals surface area (Å²) < 4.78 is 53.1. The molecule has 1 nitrogen and oxygen atoms in total. The molecule has 0 atom stereocenters. The largest absolute Gasteiger partial charge is 0.192 e. The molecule has 8 aromatic heterocycles. The smallest absolute Gasteiger partial charge is 0.0998 e. The summed E-state index contributed by atoms with van der Waals surface area (Å²) in [4.78, 5) is 0. The van der Waals surface area contributed by atoms with Gasteiger partial charge in [-0.1, -0.05) is 309 Å². The summed E-state index contributed by atoms with van der Waals surface area (Å²) in [5.41, 5.74) is 32.1. The molecule has 9 heteroatoms. The molecule has 0 fully saturated rings. The first-order valence-corrected chi connectivity index (χ1v) is 56.6. The summed E-state index contributed by atoms with van der Waals surface area (Å²) in [6.07, 6.45) is 0. The van der Waals surface area contributed by atoms with Crippen LogP contribution in [0.4, 0.5) is 0 Å². The number of aryl methyl sites for hydroxylation is 17. The van der Waals surface area contributed by atoms with Gasteiger partial charge in [0, 0.05) is 167 Å². The van der Waals surface area contributed by atoms with Crippen LogP contribution in [0.25, 0.3) is 184 Å². The molecular formula is C136H125NS8. The van der Waals surface area contributed by atoms with Gasteiger partial charge in [-0.25, -0.2) is 0 Å². The number of benzene rings is 18. The van der Waals surface area contributed by atoms with Gasteiger partial charge in [-0.15, -0.1) is 90.7 Å². The minimum Gasteiger partial charge on any atom is -0.192 e. The fourth-order valence-corrected chi connectivity index (χ4v) is 30.0. The number of thiophene rings is 8. The summed E-state index contributed by atoms with van der Waals surface area (Å²) in [6.45, 7) is 47.8. The Bertz CT molecular complexity index is 9580. The van der Waals surface area contributed by atoms with E-state index in [-0.39, 0.29) is 5.41 Å². The number of fused-ring (bicyclic) bond motifs is 24. The molecule has 0 radical (unpaired) electrons. The standard InChI is InChI=1S/2C20H16S.C18H20S.2C17H18S.C15H11NS.C15H14S.C14H12S/c1-13-11-12-18-17-10-6-9-16(15-7-4-3-5-8-15)20(17)21-19(18)14(13)2;1-13-8-10-18-17-11-9-16(15-6-4-3-5-7-15)12-19(17)21-20(18)14(13)2;1-11-6-8-15-14-9-7-13(18(3,4)5)10-16(14)19-17(15)12(11)2;2*1-10(2)13-6-8-14-15-7-5-11(3)12(4)17(15)18-16(14)9-13;1-9-7-11(8-16)14-12-5-3-4-6-13(12)17-15(14)10(9)2;1-9-8-10(2)14-12-6-4-5-7-13(12)16-15(14)11(9)3;1-9-7-8-12-11-5-3-4-6-13(11)15-14(12)10(9)2/h2*3-12H,1-2H3;6-10H,1-5H3;2*5-10H,1-4H3;3-7H,1-2H3;4-8H,1-3H3;3-8H,1-2H3/i;;;10D;;;2D3;. The zero-order chi connectivity index (χ0) is 105. The van der Waals surface area contributed by atoms with Crippen LogP contribution in [0.5, 0.6) is 0 Å². The van der Waals surface area contributed by atoms with Crippen molar-refractivity contribution in [3.8, 4) is 28.3 Å². The molecule has 0 amide bonds. The predicted octanol–water partition coefficient (Wildman–Crippen LogP) is 44.4. The SMILES string of the molecule is Cc1cc(C#N)c2c(sc3ccccc32)c1C.Cc1ccc2c(sc3c(-c4ccccc4)cccc32)c1C.Cc1ccc2c(sc3cc(-c4ccccc4)ccc32)c1C.Cc1ccc2c(sc3cc(C(C)(C)C)ccc32)c1C.Cc1ccc2c(sc3cc(C(C)C)ccc32)c1C.Cc1ccc2c(sc3ccccc32)c1C.[2H]C(C)(C)c1ccc2c(c1)sc1c(C)c(C)ccc12.[2H]C([2H])([2H])c1cc(C)c(C)c2sc3ccccc3c12. The first-order valence-electron chi connectivity index (χ1n) is 52.1. The highest BCUT2D eigenvalue weighted by Crippen LogP contribution is 2.48. The van der Waals surface area contributed by atoms with Gasteiger partial charge >= 0.3 is 0 Å². The molecule has 8 heterocycles. The van der Waals surface area contributed by atoms with E-state index in [1.165, 1.54) is 253 Å². The van der Waals surface area contributed by atoms with Crippen LogP contribution in [-0.4, -0.2) is 0 Å². The Balaban J connectivity index is 0.000000107. The first kappa shape index (κ1) is 95.7. The lowest BCUT2D eigenvalue weighted by atomic mass is 9.87. The van der Waals surface area contributed by atoms with Crippen LogP contribution in [0.2, 0.25) is 0 Å². The molecule has 145 heavy (non-hydrogen) atoms. The van der Waals surface area contributed by atoms with Gasteiger partial charge in [-0.2, -0.15) is 5.26 Å². The first-order chi connectivity index (χ1) is 71.2. The lowest BCUT2D eigenvalue weighted by Gasteiger charge is -2.18. The van der Waals surface area contributed by atoms with E-state index in [4.69, 9.17) is 5.48 Å². The average molecular weight is 2030 g/mol. The topological polar surface area (TPSA) is 23.8 Å². The maximum atomic E-state index is 9.28. The van der Waals surface area contributed by atoms with Crippen molar-refractivity contribution in [2.24, 2.45) is 0 Å². The molecule has 0 saturated heterocycles. The van der Waals surface area contributed by atoms with Gasteiger partial charge in [0.1, 0.15) is 0 Å². The third kappa shape index (κ3) is 19.8. The minimum absolute atomic E-state index is 0.218. The number of hydrogen-bond donors (Lipinski definition) is 0. The van der Waals surface area contributed by atoms with Crippen LogP contribution >= 0.6 is 90.7 Å². The third-order valence-electron chi connectivity index (χ3n) is 29.7. The summed E-state index contributed by atoms with van der Waals surface area (Å²) in [5, 5.41) is 30.2. The monoisotopic (exact) mass is 2030 g/mol. The Kier molecular flexibility index (Phi) is 27.7. The second-order valence-corrected chi connectivity index (χ2v) is 49.0. The second kappa shape index (κ2) is 42.0. The lowest BCUT2D eigenvalue weighted by molar-refractivity contribution is 0.591. The molecule has 0 aliphatic heterocycles. The molecular weight excluding hydrogens is 1900 g/mol. The molecule has 18 aromatic carbocycles. The quantitative estimate of drug-likeness (QED) is 0.172. The summed E-state index contributed by atoms with van der Waals surface area (Å²) >= 11 is 14.9. The zero-order valence-electron chi connectivity index (χ0n) is 91.2. The summed E-state index contributed by atoms with van der Waals surface area (Å²) in [7, 11) is 0. The molecule has 0 aliphatic carbocycles. The van der Waals surface area contributed by atoms with Crippen molar-refractivity contribution in [3.63, 3.8) is 0 Å². The zero-order valence-corrected chi connectivity index (χ0v) is 93.8. The highest BCUT2D eigenvalue weighted by molar-refractivity contribution is 7.29. The Morgan fingerprint density at radius 1 is 0.241 bits per heavy atom. The summed E-state index contributed by atoms with van der Waals surface area (Å²) in [5.74, 6) is 0.0671. The van der Waals surface area contributed by atoms with Crippen LogP contribution in [0, 0.1) is 129 Å². The van der Waals surface area contributed by atoms with Crippen molar-refractivity contribution in [2.45, 2.75) is 183 Å². The third-order valence-corrected chi connectivity index (χ3v) is 40.1. The van der Waals surface area contributed by atoms with E-state index in [0.29, 0.717) is 11.5 Å². The van der Waals surface area contributed by atoms with E-state index in [0.717, 1.165) is 42.2 Å². The molecule has 0 N–H and O–H groups in total. The number of hydrogen-bond acceptors (Lipinski definition) is 9. The molecule has 0 unspecified atom stereocenters. The molecule has 0 bridgehead atoms. The second-order valence-electron chi connectivity index (χ2n) is 40.6. The van der Waals surface area contributed by atoms with Crippen LogP contribution in [0.3, 0.4) is 0 Å². The highest BCUT2D eigenvalue weighted by atomic mass is 32.1. The maximum absolute atomic E-state index is 9.28. The predicted molar refractivity (Wildman–Crippen MR) is 658 cm³/mol. The van der Waals surface area contributed by atoms with Crippen LogP contribution in [0.1, 0.15) is 183 Å². The fourth-order valence-electron chi connectivity index (χ4n) is 19.6. The van der Waals surface area contributed by atoms with Gasteiger partial charge in [0.25, 0.3) is 0 Å². The fraction of sp³-hybridized carbons (Fsp3) is 0.199. The normalized spacial score (nSPS) is 12.1. The molecule has 0 aliphatic rings. The van der Waals surface area contributed by atoms with E-state index in [2.05, 4.69) is 411 Å². The molecule has 0 spiro atoms. The van der Waals surface area contributed by atoms with E-state index in [1.54, 1.807) is 22.7 Å². The van der Waals surface area contributed by atoms with E-state index < -0.39 is 12.7 Å². The molecule has 722 valence electrons. The van der Waals surface area contributed by atoms with Gasteiger partial charge in [0.2, 0.25) is 0 Å². The lowest BCUT2D eigenvalue weighted by Crippen LogP contribution is -2.10. The highest BCUT2D eigenvalue weighted by Gasteiger charge is 2.22. The summed E-state index contributed by atoms with van der Waals surface area (Å²) in [6, 6.07) is 113. The Morgan fingerprint density at radius 3 is 1.00 bits per heavy atom. The van der Waals surface area contributed by atoms with E-state index >= 15 is 0 Å². The average Bonchev–Trinajstić information content (AvgIpc) is 1.01. The maximum Gasteiger partial charge on any atom is 0.0998 e. The number of nitrogens with zero attached hydrogens (tertiary/aromatic N) is 1. The molecule has 0 saturated carbocycles. The van der Waals surface area contributed by atoms with Crippen LogP contribution < -0.4 is 0 Å². The van der Waals surface area contributed by atoms with Gasteiger partial charge in [0.05, 0.1) is 11.6 Å². The van der Waals surface area contributed by atoms with Crippen molar-refractivity contribution in [1.82, 2.24) is 0 Å². The molecule has 26 aromatic rings. The Hall–Kier alpha value is -12.8. The van der Waals surface area contributed by atoms with Gasteiger partial charge in [-0.05, 0) is 317 Å². The van der Waals surface area contributed by atoms with Crippen molar-refractivity contribution in [1.29, 1.82) is 5.26 Å². The van der Waals surface area contributed by atoms with Crippen molar-refractivity contribution in [3.05, 3.63) is 426 Å². The van der Waals surface area contributed by atoms with Crippen LogP contribution in [0.15, 0.2) is 309 Å². The van der Waals surface area contributed by atoms with E-state index in [1.807, 2.05) is 131 Å². The van der Waals surface area contributed by atoms with Crippen molar-refractivity contribution < 1.29 is 5.48 Å². The Morgan fingerprint density at radius 2 is 0.559 bits per heavy atom.